The Morgan fingerprint density at radius 3 is 2.29 bits per heavy atom. The smallest absolute Gasteiger partial charge is 0.169 e. The van der Waals surface area contributed by atoms with Gasteiger partial charge in [-0.15, -0.1) is 0 Å². The molecule has 1 N–H and O–H groups in total. The van der Waals surface area contributed by atoms with Crippen LogP contribution in [0.1, 0.15) is 47.0 Å². The minimum atomic E-state index is -0.0865. The summed E-state index contributed by atoms with van der Waals surface area (Å²) in [5, 5.41) is 3.61. The first-order chi connectivity index (χ1) is 8.17. The van der Waals surface area contributed by atoms with Crippen LogP contribution in [0, 0.1) is 11.8 Å². The number of hydrogen-bond acceptors (Lipinski definition) is 3. The number of ether oxygens (including phenoxy) is 2. The van der Waals surface area contributed by atoms with Gasteiger partial charge in [-0.05, 0) is 44.9 Å². The van der Waals surface area contributed by atoms with Crippen molar-refractivity contribution >= 4 is 0 Å². The summed E-state index contributed by atoms with van der Waals surface area (Å²) in [5.41, 5.74) is 0. The number of rotatable bonds is 7. The highest BCUT2D eigenvalue weighted by atomic mass is 16.7. The van der Waals surface area contributed by atoms with E-state index < -0.39 is 0 Å². The van der Waals surface area contributed by atoms with E-state index in [0.29, 0.717) is 19.3 Å². The Morgan fingerprint density at radius 1 is 1.12 bits per heavy atom. The maximum atomic E-state index is 5.55. The molecule has 0 aromatic heterocycles. The van der Waals surface area contributed by atoms with Crippen molar-refractivity contribution in [3.63, 3.8) is 0 Å². The van der Waals surface area contributed by atoms with Gasteiger partial charge in [0.15, 0.2) is 6.29 Å². The molecule has 17 heavy (non-hydrogen) atoms. The van der Waals surface area contributed by atoms with E-state index in [9.17, 15) is 0 Å². The van der Waals surface area contributed by atoms with Crippen LogP contribution >= 0.6 is 0 Å². The van der Waals surface area contributed by atoms with E-state index in [2.05, 4.69) is 19.2 Å². The van der Waals surface area contributed by atoms with Crippen molar-refractivity contribution < 1.29 is 9.47 Å². The van der Waals surface area contributed by atoms with Crippen LogP contribution in [-0.2, 0) is 9.47 Å². The monoisotopic (exact) mass is 243 g/mol. The second-order valence-corrected chi connectivity index (χ2v) is 5.25. The van der Waals surface area contributed by atoms with E-state index in [0.717, 1.165) is 18.4 Å². The zero-order chi connectivity index (χ0) is 12.7. The Morgan fingerprint density at radius 2 is 1.76 bits per heavy atom. The van der Waals surface area contributed by atoms with Gasteiger partial charge in [0.1, 0.15) is 0 Å². The quantitative estimate of drug-likeness (QED) is 0.697. The van der Waals surface area contributed by atoms with Crippen molar-refractivity contribution in [2.75, 3.05) is 19.8 Å². The van der Waals surface area contributed by atoms with E-state index in [1.165, 1.54) is 19.3 Å². The van der Waals surface area contributed by atoms with Crippen LogP contribution in [0.3, 0.4) is 0 Å². The van der Waals surface area contributed by atoms with Gasteiger partial charge in [-0.2, -0.15) is 0 Å². The van der Waals surface area contributed by atoms with Crippen molar-refractivity contribution in [1.82, 2.24) is 5.32 Å². The van der Waals surface area contributed by atoms with E-state index in [4.69, 9.17) is 9.47 Å². The minimum Gasteiger partial charge on any atom is -0.352 e. The summed E-state index contributed by atoms with van der Waals surface area (Å²) >= 11 is 0. The van der Waals surface area contributed by atoms with Crippen LogP contribution in [0.5, 0.6) is 0 Å². The molecule has 3 unspecified atom stereocenters. The molecule has 0 heterocycles. The van der Waals surface area contributed by atoms with Gasteiger partial charge in [-0.1, -0.05) is 13.8 Å². The largest absolute Gasteiger partial charge is 0.352 e. The van der Waals surface area contributed by atoms with Crippen LogP contribution in [0.2, 0.25) is 0 Å². The van der Waals surface area contributed by atoms with Crippen LogP contribution < -0.4 is 5.32 Å². The second-order valence-electron chi connectivity index (χ2n) is 5.25. The molecule has 3 atom stereocenters. The molecule has 0 saturated heterocycles. The van der Waals surface area contributed by atoms with Gasteiger partial charge in [0, 0.05) is 25.8 Å². The molecule has 102 valence electrons. The molecule has 1 rings (SSSR count). The minimum absolute atomic E-state index is 0.0865. The first kappa shape index (κ1) is 14.9. The topological polar surface area (TPSA) is 30.5 Å². The maximum absolute atomic E-state index is 5.55. The van der Waals surface area contributed by atoms with E-state index in [1.54, 1.807) is 0 Å². The number of hydrogen-bond donors (Lipinski definition) is 1. The van der Waals surface area contributed by atoms with Crippen molar-refractivity contribution in [3.05, 3.63) is 0 Å². The molecule has 1 saturated carbocycles. The van der Waals surface area contributed by atoms with E-state index in [-0.39, 0.29) is 6.29 Å². The molecule has 1 aliphatic carbocycles. The molecule has 0 aromatic carbocycles. The lowest BCUT2D eigenvalue weighted by Gasteiger charge is -2.34. The lowest BCUT2D eigenvalue weighted by atomic mass is 9.80. The zero-order valence-corrected chi connectivity index (χ0v) is 11.9. The van der Waals surface area contributed by atoms with Crippen molar-refractivity contribution in [2.45, 2.75) is 59.3 Å². The lowest BCUT2D eigenvalue weighted by Crippen LogP contribution is -2.43. The van der Waals surface area contributed by atoms with Gasteiger partial charge in [0.2, 0.25) is 0 Å². The highest BCUT2D eigenvalue weighted by molar-refractivity contribution is 4.81. The molecule has 0 amide bonds. The van der Waals surface area contributed by atoms with Crippen molar-refractivity contribution in [3.8, 4) is 0 Å². The van der Waals surface area contributed by atoms with Gasteiger partial charge >= 0.3 is 0 Å². The molecular weight excluding hydrogens is 214 g/mol. The summed E-state index contributed by atoms with van der Waals surface area (Å²) in [7, 11) is 0. The predicted octanol–water partition coefficient (Wildman–Crippen LogP) is 2.80. The predicted molar refractivity (Wildman–Crippen MR) is 71.0 cm³/mol. The van der Waals surface area contributed by atoms with Crippen molar-refractivity contribution in [2.24, 2.45) is 11.8 Å². The lowest BCUT2D eigenvalue weighted by molar-refractivity contribution is -0.134. The fourth-order valence-corrected chi connectivity index (χ4v) is 2.75. The van der Waals surface area contributed by atoms with Crippen LogP contribution in [0.4, 0.5) is 0 Å². The molecule has 3 nitrogen and oxygen atoms in total. The second kappa shape index (κ2) is 8.06. The molecule has 0 aromatic rings. The fraction of sp³-hybridized carbons (Fsp3) is 1.00. The van der Waals surface area contributed by atoms with E-state index in [1.807, 2.05) is 13.8 Å². The third kappa shape index (κ3) is 5.36. The van der Waals surface area contributed by atoms with Crippen LogP contribution in [-0.4, -0.2) is 32.1 Å². The molecule has 1 fully saturated rings. The summed E-state index contributed by atoms with van der Waals surface area (Å²) < 4.78 is 11.1. The average Bonchev–Trinajstić information content (AvgIpc) is 2.28. The highest BCUT2D eigenvalue weighted by Gasteiger charge is 2.25. The standard InChI is InChI=1S/C14H29NO2/c1-5-16-14(17-6-2)10-15-13-8-7-11(3)9-12(13)4/h11-15H,5-10H2,1-4H3. The molecule has 0 bridgehead atoms. The molecule has 1 aliphatic rings. The van der Waals surface area contributed by atoms with Gasteiger partial charge in [-0.3, -0.25) is 0 Å². The van der Waals surface area contributed by atoms with Gasteiger partial charge in [0.05, 0.1) is 0 Å². The first-order valence-electron chi connectivity index (χ1n) is 7.13. The van der Waals surface area contributed by atoms with Crippen molar-refractivity contribution in [1.29, 1.82) is 0 Å². The maximum Gasteiger partial charge on any atom is 0.169 e. The zero-order valence-electron chi connectivity index (χ0n) is 11.9. The molecular formula is C14H29NO2. The summed E-state index contributed by atoms with van der Waals surface area (Å²) in [6.45, 7) is 11.0. The van der Waals surface area contributed by atoms with Crippen LogP contribution in [0.25, 0.3) is 0 Å². The Hall–Kier alpha value is -0.120. The highest BCUT2D eigenvalue weighted by Crippen LogP contribution is 2.28. The summed E-state index contributed by atoms with van der Waals surface area (Å²) in [6.07, 6.45) is 3.88. The summed E-state index contributed by atoms with van der Waals surface area (Å²) in [6, 6.07) is 0.634. The first-order valence-corrected chi connectivity index (χ1v) is 7.13. The third-order valence-electron chi connectivity index (χ3n) is 3.68. The van der Waals surface area contributed by atoms with Gasteiger partial charge in [-0.25, -0.2) is 0 Å². The fourth-order valence-electron chi connectivity index (χ4n) is 2.75. The average molecular weight is 243 g/mol. The summed E-state index contributed by atoms with van der Waals surface area (Å²) in [4.78, 5) is 0. The Labute approximate surface area is 106 Å². The molecule has 0 spiro atoms. The SMILES string of the molecule is CCOC(CNC1CCC(C)CC1C)OCC. The molecule has 3 heteroatoms. The Bertz CT molecular complexity index is 193. The number of nitrogens with one attached hydrogen (secondary N) is 1. The summed E-state index contributed by atoms with van der Waals surface area (Å²) in [5.74, 6) is 1.65. The molecule has 0 aliphatic heterocycles. The molecule has 0 radical (unpaired) electrons. The van der Waals surface area contributed by atoms with Gasteiger partial charge in [0.25, 0.3) is 0 Å². The Kier molecular flexibility index (Phi) is 7.09. The normalized spacial score (nSPS) is 29.8. The Balaban J connectivity index is 2.27. The van der Waals surface area contributed by atoms with E-state index >= 15 is 0 Å². The van der Waals surface area contributed by atoms with Crippen LogP contribution in [0.15, 0.2) is 0 Å². The third-order valence-corrected chi connectivity index (χ3v) is 3.68. The van der Waals surface area contributed by atoms with Gasteiger partial charge < -0.3 is 14.8 Å².